The molecule has 3 N–H and O–H groups in total. The van der Waals surface area contributed by atoms with Crippen LogP contribution < -0.4 is 16.2 Å². The minimum atomic E-state index is -0.200. The molecule has 1 aliphatic rings. The normalized spacial score (nSPS) is 19.6. The molecular weight excluding hydrogens is 206 g/mol. The van der Waals surface area contributed by atoms with Gasteiger partial charge in [0.25, 0.3) is 5.91 Å². The van der Waals surface area contributed by atoms with Crippen LogP contribution in [0.1, 0.15) is 23.2 Å². The first-order valence-corrected chi connectivity index (χ1v) is 5.46. The zero-order chi connectivity index (χ0) is 11.4. The lowest BCUT2D eigenvalue weighted by Gasteiger charge is -2.11. The van der Waals surface area contributed by atoms with Crippen molar-refractivity contribution in [1.82, 2.24) is 15.6 Å². The van der Waals surface area contributed by atoms with Crippen LogP contribution >= 0.6 is 0 Å². The van der Waals surface area contributed by atoms with Gasteiger partial charge in [0.05, 0.1) is 5.56 Å². The third-order valence-electron chi connectivity index (χ3n) is 2.72. The van der Waals surface area contributed by atoms with Crippen molar-refractivity contribution < 1.29 is 4.79 Å². The van der Waals surface area contributed by atoms with E-state index in [4.69, 9.17) is 0 Å². The minimum Gasteiger partial charge on any atom is -0.350 e. The van der Waals surface area contributed by atoms with Crippen molar-refractivity contribution >= 4 is 5.91 Å². The maximum Gasteiger partial charge on any atom is 0.252 e. The number of aromatic nitrogens is 1. The summed E-state index contributed by atoms with van der Waals surface area (Å²) < 4.78 is 0. The van der Waals surface area contributed by atoms with Crippen LogP contribution in [0.4, 0.5) is 0 Å². The molecule has 1 atom stereocenters. The van der Waals surface area contributed by atoms with E-state index >= 15 is 0 Å². The van der Waals surface area contributed by atoms with Crippen LogP contribution in [0.25, 0.3) is 0 Å². The average Bonchev–Trinajstić information content (AvgIpc) is 2.80. The second-order valence-corrected chi connectivity index (χ2v) is 3.94. The van der Waals surface area contributed by atoms with Gasteiger partial charge in [0.2, 0.25) is 5.56 Å². The summed E-state index contributed by atoms with van der Waals surface area (Å²) in [5.41, 5.74) is 0.284. The van der Waals surface area contributed by atoms with Gasteiger partial charge in [-0.25, -0.2) is 0 Å². The van der Waals surface area contributed by atoms with Crippen LogP contribution in [0.15, 0.2) is 23.1 Å². The fraction of sp³-hybridized carbons (Fsp3) is 0.455. The Hall–Kier alpha value is -1.62. The molecule has 1 fully saturated rings. The Kier molecular flexibility index (Phi) is 3.36. The molecule has 2 heterocycles. The third-order valence-corrected chi connectivity index (χ3v) is 2.72. The molecule has 5 nitrogen and oxygen atoms in total. The van der Waals surface area contributed by atoms with E-state index in [9.17, 15) is 9.59 Å². The van der Waals surface area contributed by atoms with Crippen molar-refractivity contribution in [1.29, 1.82) is 0 Å². The lowest BCUT2D eigenvalue weighted by molar-refractivity contribution is 0.0950. The summed E-state index contributed by atoms with van der Waals surface area (Å²) in [5, 5.41) is 6.14. The van der Waals surface area contributed by atoms with Crippen LogP contribution in [-0.2, 0) is 0 Å². The summed E-state index contributed by atoms with van der Waals surface area (Å²) in [5.74, 6) is -0.148. The highest BCUT2D eigenvalue weighted by atomic mass is 16.1. The van der Waals surface area contributed by atoms with Gasteiger partial charge in [0, 0.05) is 24.8 Å². The van der Waals surface area contributed by atoms with Crippen molar-refractivity contribution in [2.24, 2.45) is 0 Å². The standard InChI is InChI=1S/C11H15N3O2/c15-10-4-3-8(6-13-10)11(16)14-7-9-2-1-5-12-9/h3-4,6,9,12H,1-2,5,7H2,(H,13,15)(H,14,16). The highest BCUT2D eigenvalue weighted by Crippen LogP contribution is 2.03. The molecule has 2 rings (SSSR count). The summed E-state index contributed by atoms with van der Waals surface area (Å²) >= 11 is 0. The zero-order valence-corrected chi connectivity index (χ0v) is 8.95. The first-order valence-electron chi connectivity index (χ1n) is 5.46. The van der Waals surface area contributed by atoms with Crippen LogP contribution in [-0.4, -0.2) is 30.0 Å². The van der Waals surface area contributed by atoms with Gasteiger partial charge in [-0.1, -0.05) is 0 Å². The predicted molar refractivity (Wildman–Crippen MR) is 60.4 cm³/mol. The first-order chi connectivity index (χ1) is 7.75. The van der Waals surface area contributed by atoms with Crippen LogP contribution in [0.5, 0.6) is 0 Å². The van der Waals surface area contributed by atoms with E-state index in [2.05, 4.69) is 15.6 Å². The molecule has 1 aromatic heterocycles. The predicted octanol–water partition coefficient (Wildman–Crippen LogP) is -0.143. The number of pyridine rings is 1. The Balaban J connectivity index is 1.87. The smallest absolute Gasteiger partial charge is 0.252 e. The Morgan fingerprint density at radius 3 is 3.00 bits per heavy atom. The number of rotatable bonds is 3. The maximum absolute atomic E-state index is 11.7. The number of amides is 1. The zero-order valence-electron chi connectivity index (χ0n) is 8.95. The fourth-order valence-corrected chi connectivity index (χ4v) is 1.80. The largest absolute Gasteiger partial charge is 0.350 e. The van der Waals surface area contributed by atoms with E-state index in [1.165, 1.54) is 24.8 Å². The number of nitrogens with one attached hydrogen (secondary N) is 3. The van der Waals surface area contributed by atoms with Crippen molar-refractivity contribution in [2.75, 3.05) is 13.1 Å². The van der Waals surface area contributed by atoms with E-state index in [0.29, 0.717) is 18.2 Å². The molecule has 0 bridgehead atoms. The molecule has 0 saturated carbocycles. The van der Waals surface area contributed by atoms with Gasteiger partial charge in [-0.2, -0.15) is 0 Å². The van der Waals surface area contributed by atoms with E-state index in [-0.39, 0.29) is 11.5 Å². The van der Waals surface area contributed by atoms with Crippen molar-refractivity contribution in [2.45, 2.75) is 18.9 Å². The van der Waals surface area contributed by atoms with Crippen molar-refractivity contribution in [3.63, 3.8) is 0 Å². The lowest BCUT2D eigenvalue weighted by atomic mass is 10.2. The van der Waals surface area contributed by atoms with Gasteiger partial charge in [-0.05, 0) is 25.5 Å². The second-order valence-electron chi connectivity index (χ2n) is 3.94. The molecule has 1 aliphatic heterocycles. The summed E-state index contributed by atoms with van der Waals surface area (Å²) in [4.78, 5) is 24.9. The Bertz CT molecular complexity index is 401. The summed E-state index contributed by atoms with van der Waals surface area (Å²) in [6.07, 6.45) is 3.70. The molecule has 16 heavy (non-hydrogen) atoms. The molecule has 86 valence electrons. The number of hydrogen-bond donors (Lipinski definition) is 3. The van der Waals surface area contributed by atoms with Gasteiger partial charge in [0.15, 0.2) is 0 Å². The van der Waals surface area contributed by atoms with Gasteiger partial charge < -0.3 is 15.6 Å². The van der Waals surface area contributed by atoms with Crippen LogP contribution in [0.2, 0.25) is 0 Å². The fourth-order valence-electron chi connectivity index (χ4n) is 1.80. The summed E-state index contributed by atoms with van der Waals surface area (Å²) in [7, 11) is 0. The third kappa shape index (κ3) is 2.70. The van der Waals surface area contributed by atoms with E-state index in [1.807, 2.05) is 0 Å². The average molecular weight is 221 g/mol. The number of aromatic amines is 1. The molecule has 1 amide bonds. The Morgan fingerprint density at radius 2 is 2.38 bits per heavy atom. The van der Waals surface area contributed by atoms with Gasteiger partial charge >= 0.3 is 0 Å². The molecule has 0 aliphatic carbocycles. The summed E-state index contributed by atoms with van der Waals surface area (Å²) in [6, 6.07) is 3.26. The monoisotopic (exact) mass is 221 g/mol. The molecule has 0 aromatic carbocycles. The van der Waals surface area contributed by atoms with E-state index in [0.717, 1.165) is 13.0 Å². The van der Waals surface area contributed by atoms with E-state index in [1.54, 1.807) is 0 Å². The van der Waals surface area contributed by atoms with Gasteiger partial charge in [-0.3, -0.25) is 9.59 Å². The number of hydrogen-bond acceptors (Lipinski definition) is 3. The molecule has 1 aromatic rings. The Labute approximate surface area is 93.3 Å². The van der Waals surface area contributed by atoms with Crippen LogP contribution in [0.3, 0.4) is 0 Å². The number of carbonyl (C=O) groups excluding carboxylic acids is 1. The highest BCUT2D eigenvalue weighted by Gasteiger charge is 2.15. The molecular formula is C11H15N3O2. The highest BCUT2D eigenvalue weighted by molar-refractivity contribution is 5.93. The maximum atomic E-state index is 11.7. The van der Waals surface area contributed by atoms with Crippen molar-refractivity contribution in [3.05, 3.63) is 34.2 Å². The molecule has 5 heteroatoms. The second kappa shape index (κ2) is 4.94. The van der Waals surface area contributed by atoms with E-state index < -0.39 is 0 Å². The SMILES string of the molecule is O=C(NCC1CCCN1)c1ccc(=O)[nH]c1. The van der Waals surface area contributed by atoms with Crippen LogP contribution in [0, 0.1) is 0 Å². The van der Waals surface area contributed by atoms with Gasteiger partial charge in [0.1, 0.15) is 0 Å². The molecule has 1 unspecified atom stereocenters. The minimum absolute atomic E-state index is 0.148. The number of H-pyrrole nitrogens is 1. The van der Waals surface area contributed by atoms with Gasteiger partial charge in [-0.15, -0.1) is 0 Å². The Morgan fingerprint density at radius 1 is 1.50 bits per heavy atom. The first kappa shape index (κ1) is 10.9. The molecule has 1 saturated heterocycles. The summed E-state index contributed by atoms with van der Waals surface area (Å²) in [6.45, 7) is 1.66. The van der Waals surface area contributed by atoms with Crippen molar-refractivity contribution in [3.8, 4) is 0 Å². The number of carbonyl (C=O) groups is 1. The lowest BCUT2D eigenvalue weighted by Crippen LogP contribution is -2.37. The molecule has 0 radical (unpaired) electrons. The topological polar surface area (TPSA) is 74.0 Å². The quantitative estimate of drug-likeness (QED) is 0.665. The molecule has 0 spiro atoms.